The second kappa shape index (κ2) is 7.78. The van der Waals surface area contributed by atoms with Gasteiger partial charge in [-0.1, -0.05) is 6.07 Å². The summed E-state index contributed by atoms with van der Waals surface area (Å²) < 4.78 is 42.9. The van der Waals surface area contributed by atoms with Crippen LogP contribution in [0.5, 0.6) is 0 Å². The maximum absolute atomic E-state index is 12.7. The molecule has 0 radical (unpaired) electrons. The van der Waals surface area contributed by atoms with Crippen molar-refractivity contribution in [2.24, 2.45) is 0 Å². The van der Waals surface area contributed by atoms with E-state index in [0.29, 0.717) is 18.8 Å². The first-order valence-corrected chi connectivity index (χ1v) is 7.07. The van der Waals surface area contributed by atoms with E-state index < -0.39 is 11.7 Å². The van der Waals surface area contributed by atoms with Gasteiger partial charge in [0.2, 0.25) is 0 Å². The Kier molecular flexibility index (Phi) is 5.75. The van der Waals surface area contributed by atoms with Crippen molar-refractivity contribution in [1.82, 2.24) is 10.3 Å². The van der Waals surface area contributed by atoms with Crippen LogP contribution in [0.15, 0.2) is 42.6 Å². The lowest BCUT2D eigenvalue weighted by Gasteiger charge is -2.11. The summed E-state index contributed by atoms with van der Waals surface area (Å²) in [5, 5.41) is 5.44. The summed E-state index contributed by atoms with van der Waals surface area (Å²) in [5.41, 5.74) is 0.224. The van der Waals surface area contributed by atoms with Crippen LogP contribution in [-0.4, -0.2) is 31.2 Å². The summed E-state index contributed by atoms with van der Waals surface area (Å²) in [6.07, 6.45) is -3.02. The van der Waals surface area contributed by atoms with Gasteiger partial charge >= 0.3 is 6.18 Å². The molecule has 2 aromatic rings. The molecule has 128 valence electrons. The topological polar surface area (TPSA) is 63.2 Å². The van der Waals surface area contributed by atoms with Gasteiger partial charge in [0.15, 0.2) is 0 Å². The highest BCUT2D eigenvalue weighted by atomic mass is 19.4. The minimum Gasteiger partial charge on any atom is -0.383 e. The summed E-state index contributed by atoms with van der Waals surface area (Å²) in [4.78, 5) is 15.8. The molecule has 8 heteroatoms. The van der Waals surface area contributed by atoms with Crippen LogP contribution in [0.1, 0.15) is 16.1 Å². The fourth-order valence-electron chi connectivity index (χ4n) is 1.90. The number of nitrogens with one attached hydrogen (secondary N) is 2. The number of rotatable bonds is 6. The molecular weight excluding hydrogens is 323 g/mol. The van der Waals surface area contributed by atoms with E-state index in [1.165, 1.54) is 31.5 Å². The molecule has 0 fully saturated rings. The number of hydrogen-bond donors (Lipinski definition) is 2. The number of alkyl halides is 3. The molecule has 0 saturated heterocycles. The van der Waals surface area contributed by atoms with E-state index in [9.17, 15) is 18.0 Å². The highest BCUT2D eigenvalue weighted by Gasteiger charge is 2.30. The van der Waals surface area contributed by atoms with Crippen molar-refractivity contribution in [3.63, 3.8) is 0 Å². The normalized spacial score (nSPS) is 11.2. The van der Waals surface area contributed by atoms with Crippen molar-refractivity contribution in [2.75, 3.05) is 25.6 Å². The third-order valence-corrected chi connectivity index (χ3v) is 3.07. The van der Waals surface area contributed by atoms with Gasteiger partial charge in [0.1, 0.15) is 5.69 Å². The predicted molar refractivity (Wildman–Crippen MR) is 83.2 cm³/mol. The molecule has 24 heavy (non-hydrogen) atoms. The first kappa shape index (κ1) is 17.7. The predicted octanol–water partition coefficient (Wildman–Crippen LogP) is 3.22. The maximum Gasteiger partial charge on any atom is 0.416 e. The molecular formula is C16H16F3N3O2. The molecule has 0 unspecified atom stereocenters. The number of methoxy groups -OCH3 is 1. The number of halogens is 3. The standard InChI is InChI=1S/C16H16F3N3O2/c1-24-8-7-20-15(23)14-6-5-13(10-21-14)22-12-4-2-3-11(9-12)16(17,18)19/h2-6,9-10,22H,7-8H2,1H3,(H,20,23). The van der Waals surface area contributed by atoms with Crippen LogP contribution in [-0.2, 0) is 10.9 Å². The second-order valence-electron chi connectivity index (χ2n) is 4.88. The number of carbonyl (C=O) groups excluding carboxylic acids is 1. The Morgan fingerprint density at radius 2 is 2.00 bits per heavy atom. The van der Waals surface area contributed by atoms with Gasteiger partial charge in [0.25, 0.3) is 5.91 Å². The van der Waals surface area contributed by atoms with Crippen molar-refractivity contribution in [3.05, 3.63) is 53.9 Å². The number of benzene rings is 1. The van der Waals surface area contributed by atoms with Crippen LogP contribution in [0, 0.1) is 0 Å². The van der Waals surface area contributed by atoms with Gasteiger partial charge in [0, 0.05) is 19.3 Å². The van der Waals surface area contributed by atoms with Crippen molar-refractivity contribution < 1.29 is 22.7 Å². The average Bonchev–Trinajstić information content (AvgIpc) is 2.55. The number of anilines is 2. The van der Waals surface area contributed by atoms with Crippen LogP contribution < -0.4 is 10.6 Å². The van der Waals surface area contributed by atoms with E-state index in [1.54, 1.807) is 6.07 Å². The van der Waals surface area contributed by atoms with Crippen LogP contribution in [0.4, 0.5) is 24.5 Å². The minimum atomic E-state index is -4.40. The Morgan fingerprint density at radius 3 is 2.62 bits per heavy atom. The summed E-state index contributed by atoms with van der Waals surface area (Å²) in [6.45, 7) is 0.752. The smallest absolute Gasteiger partial charge is 0.383 e. The third-order valence-electron chi connectivity index (χ3n) is 3.07. The Labute approximate surface area is 136 Å². The third kappa shape index (κ3) is 4.95. The molecule has 0 saturated carbocycles. The zero-order valence-electron chi connectivity index (χ0n) is 12.9. The Bertz CT molecular complexity index is 688. The zero-order chi connectivity index (χ0) is 17.6. The highest BCUT2D eigenvalue weighted by molar-refractivity contribution is 5.92. The Balaban J connectivity index is 2.03. The second-order valence-corrected chi connectivity index (χ2v) is 4.88. The first-order valence-electron chi connectivity index (χ1n) is 7.07. The van der Waals surface area contributed by atoms with Gasteiger partial charge in [-0.15, -0.1) is 0 Å². The summed E-state index contributed by atoms with van der Waals surface area (Å²) in [6, 6.07) is 7.88. The van der Waals surface area contributed by atoms with Crippen LogP contribution in [0.2, 0.25) is 0 Å². The molecule has 1 amide bonds. The van der Waals surface area contributed by atoms with Gasteiger partial charge in [-0.05, 0) is 30.3 Å². The van der Waals surface area contributed by atoms with Gasteiger partial charge in [-0.3, -0.25) is 4.79 Å². The fraction of sp³-hybridized carbons (Fsp3) is 0.250. The molecule has 0 aliphatic rings. The van der Waals surface area contributed by atoms with Gasteiger partial charge < -0.3 is 15.4 Å². The van der Waals surface area contributed by atoms with E-state index in [4.69, 9.17) is 4.74 Å². The molecule has 0 aliphatic carbocycles. The minimum absolute atomic E-state index is 0.209. The van der Waals surface area contributed by atoms with Crippen molar-refractivity contribution in [2.45, 2.75) is 6.18 Å². The zero-order valence-corrected chi connectivity index (χ0v) is 12.9. The lowest BCUT2D eigenvalue weighted by molar-refractivity contribution is -0.137. The van der Waals surface area contributed by atoms with Crippen molar-refractivity contribution in [3.8, 4) is 0 Å². The van der Waals surface area contributed by atoms with Gasteiger partial charge in [-0.25, -0.2) is 4.98 Å². The van der Waals surface area contributed by atoms with Crippen molar-refractivity contribution >= 4 is 17.3 Å². The molecule has 5 nitrogen and oxygen atoms in total. The van der Waals surface area contributed by atoms with E-state index >= 15 is 0 Å². The molecule has 2 N–H and O–H groups in total. The van der Waals surface area contributed by atoms with Crippen molar-refractivity contribution in [1.29, 1.82) is 0 Å². The summed E-state index contributed by atoms with van der Waals surface area (Å²) in [5.74, 6) is -0.349. The van der Waals surface area contributed by atoms with E-state index in [1.807, 2.05) is 0 Å². The largest absolute Gasteiger partial charge is 0.416 e. The molecule has 0 atom stereocenters. The fourth-order valence-corrected chi connectivity index (χ4v) is 1.90. The first-order chi connectivity index (χ1) is 11.4. The summed E-state index contributed by atoms with van der Waals surface area (Å²) >= 11 is 0. The number of pyridine rings is 1. The number of amides is 1. The molecule has 0 bridgehead atoms. The Hall–Kier alpha value is -2.61. The molecule has 1 heterocycles. The summed E-state index contributed by atoms with van der Waals surface area (Å²) in [7, 11) is 1.53. The van der Waals surface area contributed by atoms with Crippen LogP contribution in [0.25, 0.3) is 0 Å². The molecule has 1 aromatic carbocycles. The lowest BCUT2D eigenvalue weighted by atomic mass is 10.2. The van der Waals surface area contributed by atoms with Gasteiger partial charge in [0.05, 0.1) is 24.1 Å². The van der Waals surface area contributed by atoms with Crippen LogP contribution >= 0.6 is 0 Å². The number of ether oxygens (including phenoxy) is 1. The monoisotopic (exact) mass is 339 g/mol. The molecule has 2 rings (SSSR count). The van der Waals surface area contributed by atoms with E-state index in [0.717, 1.165) is 12.1 Å². The number of nitrogens with zero attached hydrogens (tertiary/aromatic N) is 1. The SMILES string of the molecule is COCCNC(=O)c1ccc(Nc2cccc(C(F)(F)F)c2)cn1. The molecule has 1 aromatic heterocycles. The number of hydrogen-bond acceptors (Lipinski definition) is 4. The lowest BCUT2D eigenvalue weighted by Crippen LogP contribution is -2.27. The average molecular weight is 339 g/mol. The maximum atomic E-state index is 12.7. The van der Waals surface area contributed by atoms with Gasteiger partial charge in [-0.2, -0.15) is 13.2 Å². The number of carbonyl (C=O) groups is 1. The molecule has 0 aliphatic heterocycles. The van der Waals surface area contributed by atoms with Crippen LogP contribution in [0.3, 0.4) is 0 Å². The Morgan fingerprint density at radius 1 is 1.21 bits per heavy atom. The number of aromatic nitrogens is 1. The quantitative estimate of drug-likeness (QED) is 0.793. The van der Waals surface area contributed by atoms with E-state index in [-0.39, 0.29) is 17.3 Å². The highest BCUT2D eigenvalue weighted by Crippen LogP contribution is 2.31. The molecule has 0 spiro atoms. The van der Waals surface area contributed by atoms with E-state index in [2.05, 4.69) is 15.6 Å².